The molecule has 0 bridgehead atoms. The Kier molecular flexibility index (Phi) is 2.48. The van der Waals surface area contributed by atoms with Gasteiger partial charge in [0.2, 0.25) is 0 Å². The van der Waals surface area contributed by atoms with Crippen molar-refractivity contribution >= 4 is 0 Å². The molecule has 2 rings (SSSR count). The lowest BCUT2D eigenvalue weighted by Gasteiger charge is -2.12. The van der Waals surface area contributed by atoms with Crippen LogP contribution >= 0.6 is 0 Å². The molecule has 1 heterocycles. The molecule has 0 amide bonds. The number of rotatable bonds is 3. The predicted molar refractivity (Wildman–Crippen MR) is 45.9 cm³/mol. The molecule has 2 nitrogen and oxygen atoms in total. The minimum absolute atomic E-state index is 0.125. The highest BCUT2D eigenvalue weighted by molar-refractivity contribution is 5.25. The van der Waals surface area contributed by atoms with E-state index in [0.29, 0.717) is 12.2 Å². The van der Waals surface area contributed by atoms with Crippen LogP contribution in [0.15, 0.2) is 18.2 Å². The largest absolute Gasteiger partial charge is 0.396 e. The monoisotopic (exact) mass is 200 g/mol. The zero-order valence-corrected chi connectivity index (χ0v) is 7.41. The Morgan fingerprint density at radius 2 is 2.21 bits per heavy atom. The molecular weight excluding hydrogens is 190 g/mol. The lowest BCUT2D eigenvalue weighted by Crippen LogP contribution is -2.12. The Morgan fingerprint density at radius 3 is 2.71 bits per heavy atom. The Hall–Kier alpha value is -1.00. The highest BCUT2D eigenvalue weighted by Crippen LogP contribution is 2.31. The zero-order valence-electron chi connectivity index (χ0n) is 7.41. The van der Waals surface area contributed by atoms with E-state index < -0.39 is 11.6 Å². The van der Waals surface area contributed by atoms with Gasteiger partial charge in [0.15, 0.2) is 0 Å². The maximum atomic E-state index is 13.3. The standard InChI is InChI=1S/C10H10F2O2/c11-6-1-2-7(9(12)3-6)8(4-13)10-5-14-10/h1-3,8,10,13H,4-5H2/t8?,10-/m0/s1. The molecule has 0 aromatic heterocycles. The van der Waals surface area contributed by atoms with Gasteiger partial charge in [-0.1, -0.05) is 6.07 Å². The third kappa shape index (κ3) is 1.76. The summed E-state index contributed by atoms with van der Waals surface area (Å²) in [5.41, 5.74) is 0.316. The molecule has 1 fully saturated rings. The van der Waals surface area contributed by atoms with Gasteiger partial charge in [-0.3, -0.25) is 0 Å². The third-order valence-electron chi connectivity index (χ3n) is 2.37. The number of epoxide rings is 1. The Bertz CT molecular complexity index is 337. The van der Waals surface area contributed by atoms with Gasteiger partial charge in [0.1, 0.15) is 11.6 Å². The van der Waals surface area contributed by atoms with E-state index in [2.05, 4.69) is 0 Å². The average molecular weight is 200 g/mol. The van der Waals surface area contributed by atoms with Gasteiger partial charge < -0.3 is 9.84 Å². The minimum Gasteiger partial charge on any atom is -0.396 e. The van der Waals surface area contributed by atoms with Crippen molar-refractivity contribution in [2.45, 2.75) is 12.0 Å². The van der Waals surface area contributed by atoms with Crippen LogP contribution in [0.3, 0.4) is 0 Å². The molecular formula is C10H10F2O2. The third-order valence-corrected chi connectivity index (χ3v) is 2.37. The topological polar surface area (TPSA) is 32.8 Å². The zero-order chi connectivity index (χ0) is 10.1. The van der Waals surface area contributed by atoms with Crippen LogP contribution in [-0.4, -0.2) is 24.4 Å². The first-order chi connectivity index (χ1) is 6.72. The SMILES string of the molecule is OCC(c1ccc(F)cc1F)[C@@H]1CO1. The van der Waals surface area contributed by atoms with Crippen molar-refractivity contribution in [3.8, 4) is 0 Å². The maximum absolute atomic E-state index is 13.3. The summed E-state index contributed by atoms with van der Waals surface area (Å²) < 4.78 is 30.8. The average Bonchev–Trinajstić information content (AvgIpc) is 2.93. The number of ether oxygens (including phenoxy) is 1. The molecule has 76 valence electrons. The first-order valence-electron chi connectivity index (χ1n) is 4.40. The van der Waals surface area contributed by atoms with Gasteiger partial charge in [0.05, 0.1) is 19.3 Å². The van der Waals surface area contributed by atoms with E-state index >= 15 is 0 Å². The first kappa shape index (κ1) is 9.55. The summed E-state index contributed by atoms with van der Waals surface area (Å²) in [6.07, 6.45) is -0.125. The van der Waals surface area contributed by atoms with E-state index in [9.17, 15) is 8.78 Å². The fraction of sp³-hybridized carbons (Fsp3) is 0.400. The van der Waals surface area contributed by atoms with E-state index in [1.807, 2.05) is 0 Å². The predicted octanol–water partition coefficient (Wildman–Crippen LogP) is 1.44. The molecule has 14 heavy (non-hydrogen) atoms. The van der Waals surface area contributed by atoms with Crippen LogP contribution in [-0.2, 0) is 4.74 Å². The Morgan fingerprint density at radius 1 is 1.50 bits per heavy atom. The Balaban J connectivity index is 2.29. The summed E-state index contributed by atoms with van der Waals surface area (Å²) in [5, 5.41) is 9.04. The van der Waals surface area contributed by atoms with E-state index in [4.69, 9.17) is 9.84 Å². The fourth-order valence-electron chi connectivity index (χ4n) is 1.51. The van der Waals surface area contributed by atoms with Gasteiger partial charge in [0, 0.05) is 12.0 Å². The highest BCUT2D eigenvalue weighted by Gasteiger charge is 2.34. The smallest absolute Gasteiger partial charge is 0.129 e. The van der Waals surface area contributed by atoms with Crippen LogP contribution in [0, 0.1) is 11.6 Å². The molecule has 1 aliphatic heterocycles. The van der Waals surface area contributed by atoms with Gasteiger partial charge in [-0.25, -0.2) is 8.78 Å². The molecule has 1 aliphatic rings. The molecule has 1 saturated heterocycles. The Labute approximate surface area is 80.1 Å². The molecule has 1 N–H and O–H groups in total. The van der Waals surface area contributed by atoms with Gasteiger partial charge in [0.25, 0.3) is 0 Å². The lowest BCUT2D eigenvalue weighted by atomic mass is 9.96. The van der Waals surface area contributed by atoms with Crippen LogP contribution in [0.1, 0.15) is 11.5 Å². The van der Waals surface area contributed by atoms with Gasteiger partial charge in [-0.2, -0.15) is 0 Å². The summed E-state index contributed by atoms with van der Waals surface area (Å²) in [6, 6.07) is 3.36. The summed E-state index contributed by atoms with van der Waals surface area (Å²) >= 11 is 0. The van der Waals surface area contributed by atoms with Crippen molar-refractivity contribution in [1.82, 2.24) is 0 Å². The molecule has 4 heteroatoms. The molecule has 0 saturated carbocycles. The van der Waals surface area contributed by atoms with E-state index in [-0.39, 0.29) is 18.6 Å². The fourth-order valence-corrected chi connectivity index (χ4v) is 1.51. The van der Waals surface area contributed by atoms with Gasteiger partial charge in [-0.15, -0.1) is 0 Å². The molecule has 0 radical (unpaired) electrons. The van der Waals surface area contributed by atoms with E-state index in [1.165, 1.54) is 12.1 Å². The number of benzene rings is 1. The molecule has 1 aromatic rings. The second kappa shape index (κ2) is 3.63. The molecule has 0 aliphatic carbocycles. The van der Waals surface area contributed by atoms with Crippen molar-refractivity contribution in [2.75, 3.05) is 13.2 Å². The van der Waals surface area contributed by atoms with Crippen molar-refractivity contribution in [3.63, 3.8) is 0 Å². The number of hydrogen-bond acceptors (Lipinski definition) is 2. The van der Waals surface area contributed by atoms with Crippen LogP contribution in [0.4, 0.5) is 8.78 Å². The minimum atomic E-state index is -0.625. The second-order valence-corrected chi connectivity index (χ2v) is 3.33. The number of halogens is 2. The summed E-state index contributed by atoms with van der Waals surface area (Å²) in [4.78, 5) is 0. The van der Waals surface area contributed by atoms with E-state index in [1.54, 1.807) is 0 Å². The van der Waals surface area contributed by atoms with E-state index in [0.717, 1.165) is 6.07 Å². The van der Waals surface area contributed by atoms with Crippen molar-refractivity contribution in [3.05, 3.63) is 35.4 Å². The highest BCUT2D eigenvalue weighted by atomic mass is 19.1. The number of aliphatic hydroxyl groups excluding tert-OH is 1. The van der Waals surface area contributed by atoms with Crippen LogP contribution in [0.5, 0.6) is 0 Å². The quantitative estimate of drug-likeness (QED) is 0.749. The molecule has 1 aromatic carbocycles. The van der Waals surface area contributed by atoms with Crippen molar-refractivity contribution < 1.29 is 18.6 Å². The number of hydrogen-bond donors (Lipinski definition) is 1. The first-order valence-corrected chi connectivity index (χ1v) is 4.40. The van der Waals surface area contributed by atoms with Crippen LogP contribution in [0.2, 0.25) is 0 Å². The number of aliphatic hydroxyl groups is 1. The molecule has 0 spiro atoms. The van der Waals surface area contributed by atoms with Gasteiger partial charge >= 0.3 is 0 Å². The maximum Gasteiger partial charge on any atom is 0.129 e. The normalized spacial score (nSPS) is 22.1. The van der Waals surface area contributed by atoms with Crippen LogP contribution in [0.25, 0.3) is 0 Å². The van der Waals surface area contributed by atoms with Gasteiger partial charge in [-0.05, 0) is 11.6 Å². The summed E-state index contributed by atoms with van der Waals surface area (Å²) in [5.74, 6) is -1.62. The van der Waals surface area contributed by atoms with Crippen molar-refractivity contribution in [2.24, 2.45) is 0 Å². The van der Waals surface area contributed by atoms with Crippen LogP contribution < -0.4 is 0 Å². The molecule has 1 unspecified atom stereocenters. The second-order valence-electron chi connectivity index (χ2n) is 3.33. The van der Waals surface area contributed by atoms with Crippen molar-refractivity contribution in [1.29, 1.82) is 0 Å². The summed E-state index contributed by atoms with van der Waals surface area (Å²) in [7, 11) is 0. The molecule has 2 atom stereocenters. The lowest BCUT2D eigenvalue weighted by molar-refractivity contribution is 0.233. The summed E-state index contributed by atoms with van der Waals surface area (Å²) in [6.45, 7) is 0.343.